The zero-order chi connectivity index (χ0) is 13.4. The van der Waals surface area contributed by atoms with E-state index in [4.69, 9.17) is 27.9 Å². The van der Waals surface area contributed by atoms with Crippen molar-refractivity contribution >= 4 is 39.1 Å². The van der Waals surface area contributed by atoms with Crippen LogP contribution in [0.1, 0.15) is 26.2 Å². The lowest BCUT2D eigenvalue weighted by Crippen LogP contribution is -2.14. The van der Waals surface area contributed by atoms with E-state index >= 15 is 0 Å². The molecule has 0 radical (unpaired) electrons. The van der Waals surface area contributed by atoms with E-state index in [0.717, 1.165) is 30.4 Å². The molecule has 0 bridgehead atoms. The number of benzene rings is 1. The van der Waals surface area contributed by atoms with E-state index in [9.17, 15) is 0 Å². The highest BCUT2D eigenvalue weighted by Crippen LogP contribution is 2.34. The fraction of sp³-hybridized carbons (Fsp3) is 0.538. The van der Waals surface area contributed by atoms with Crippen molar-refractivity contribution < 1.29 is 4.74 Å². The van der Waals surface area contributed by atoms with Gasteiger partial charge in [-0.1, -0.05) is 30.1 Å². The van der Waals surface area contributed by atoms with Gasteiger partial charge in [-0.25, -0.2) is 0 Å². The first-order valence-corrected chi connectivity index (χ1v) is 7.68. The highest BCUT2D eigenvalue weighted by molar-refractivity contribution is 9.10. The molecule has 5 heteroatoms. The lowest BCUT2D eigenvalue weighted by Gasteiger charge is -2.09. The molecule has 0 fully saturated rings. The van der Waals surface area contributed by atoms with Crippen LogP contribution in [-0.2, 0) is 0 Å². The van der Waals surface area contributed by atoms with Gasteiger partial charge in [-0.15, -0.1) is 0 Å². The summed E-state index contributed by atoms with van der Waals surface area (Å²) < 4.78 is 6.41. The maximum atomic E-state index is 6.06. The predicted molar refractivity (Wildman–Crippen MR) is 82.1 cm³/mol. The Balaban J connectivity index is 2.25. The van der Waals surface area contributed by atoms with Gasteiger partial charge in [0, 0.05) is 10.5 Å². The Morgan fingerprint density at radius 1 is 1.17 bits per heavy atom. The molecule has 0 heterocycles. The molecule has 1 rings (SSSR count). The Morgan fingerprint density at radius 3 is 2.67 bits per heavy atom. The van der Waals surface area contributed by atoms with E-state index < -0.39 is 0 Å². The van der Waals surface area contributed by atoms with Crippen molar-refractivity contribution in [3.63, 3.8) is 0 Å². The van der Waals surface area contributed by atoms with E-state index in [1.807, 2.05) is 0 Å². The molecular formula is C13H18BrCl2NO. The van der Waals surface area contributed by atoms with Crippen LogP contribution in [0.25, 0.3) is 0 Å². The van der Waals surface area contributed by atoms with Crippen LogP contribution >= 0.6 is 39.1 Å². The molecule has 0 aromatic heterocycles. The van der Waals surface area contributed by atoms with Gasteiger partial charge < -0.3 is 10.1 Å². The minimum Gasteiger partial charge on any atom is -0.492 e. The second kappa shape index (κ2) is 9.03. The zero-order valence-corrected chi connectivity index (χ0v) is 13.5. The molecule has 0 spiro atoms. The quantitative estimate of drug-likeness (QED) is 0.528. The number of rotatable bonds is 8. The van der Waals surface area contributed by atoms with Crippen LogP contribution in [0.3, 0.4) is 0 Å². The van der Waals surface area contributed by atoms with E-state index in [0.29, 0.717) is 22.4 Å². The first-order chi connectivity index (χ1) is 8.65. The van der Waals surface area contributed by atoms with Gasteiger partial charge in [0.2, 0.25) is 0 Å². The molecule has 1 N–H and O–H groups in total. The molecule has 0 aliphatic carbocycles. The van der Waals surface area contributed by atoms with E-state index in [1.54, 1.807) is 12.1 Å². The Bertz CT molecular complexity index is 374. The summed E-state index contributed by atoms with van der Waals surface area (Å²) in [5.41, 5.74) is 0. The first-order valence-electron chi connectivity index (χ1n) is 6.13. The van der Waals surface area contributed by atoms with Gasteiger partial charge in [0.1, 0.15) is 5.75 Å². The fourth-order valence-electron chi connectivity index (χ4n) is 1.50. The molecule has 0 saturated heterocycles. The van der Waals surface area contributed by atoms with Crippen molar-refractivity contribution in [3.05, 3.63) is 26.7 Å². The molecule has 102 valence electrons. The standard InChI is InChI=1S/C13H18BrCl2NO/c1-2-17-6-4-3-5-7-18-13-9-11(15)10(14)8-12(13)16/h8-9,17H,2-7H2,1H3. The second-order valence-electron chi connectivity index (χ2n) is 3.96. The number of ether oxygens (including phenoxy) is 1. The Hall–Kier alpha value is 0.0400. The average molecular weight is 355 g/mol. The van der Waals surface area contributed by atoms with Crippen LogP contribution in [0.15, 0.2) is 16.6 Å². The summed E-state index contributed by atoms with van der Waals surface area (Å²) in [5, 5.41) is 4.49. The lowest BCUT2D eigenvalue weighted by molar-refractivity contribution is 0.305. The number of hydrogen-bond acceptors (Lipinski definition) is 2. The van der Waals surface area contributed by atoms with Crippen LogP contribution in [0.2, 0.25) is 10.0 Å². The molecule has 1 aromatic carbocycles. The van der Waals surface area contributed by atoms with Gasteiger partial charge in [-0.05, 0) is 54.3 Å². The summed E-state index contributed by atoms with van der Waals surface area (Å²) in [6.45, 7) is 4.89. The minimum atomic E-state index is 0.582. The summed E-state index contributed by atoms with van der Waals surface area (Å²) in [7, 11) is 0. The van der Waals surface area contributed by atoms with E-state index in [2.05, 4.69) is 28.2 Å². The number of unbranched alkanes of at least 4 members (excludes halogenated alkanes) is 2. The predicted octanol–water partition coefficient (Wildman–Crippen LogP) is 4.91. The van der Waals surface area contributed by atoms with Gasteiger partial charge in [-0.3, -0.25) is 0 Å². The minimum absolute atomic E-state index is 0.582. The fourth-order valence-corrected chi connectivity index (χ4v) is 2.35. The van der Waals surface area contributed by atoms with E-state index in [-0.39, 0.29) is 0 Å². The highest BCUT2D eigenvalue weighted by atomic mass is 79.9. The van der Waals surface area contributed by atoms with Crippen molar-refractivity contribution in [1.29, 1.82) is 0 Å². The molecule has 0 unspecified atom stereocenters. The van der Waals surface area contributed by atoms with Crippen molar-refractivity contribution in [1.82, 2.24) is 5.32 Å². The zero-order valence-electron chi connectivity index (χ0n) is 10.4. The molecule has 18 heavy (non-hydrogen) atoms. The van der Waals surface area contributed by atoms with Crippen molar-refractivity contribution in [2.75, 3.05) is 19.7 Å². The lowest BCUT2D eigenvalue weighted by atomic mass is 10.2. The van der Waals surface area contributed by atoms with Crippen LogP contribution in [-0.4, -0.2) is 19.7 Å². The SMILES string of the molecule is CCNCCCCCOc1cc(Cl)c(Br)cc1Cl. The Morgan fingerprint density at radius 2 is 1.94 bits per heavy atom. The summed E-state index contributed by atoms with van der Waals surface area (Å²) in [6, 6.07) is 3.50. The van der Waals surface area contributed by atoms with E-state index in [1.165, 1.54) is 6.42 Å². The molecule has 0 aliphatic rings. The number of hydrogen-bond donors (Lipinski definition) is 1. The monoisotopic (exact) mass is 353 g/mol. The summed E-state index contributed by atoms with van der Waals surface area (Å²) in [6.07, 6.45) is 3.34. The molecule has 0 aliphatic heterocycles. The largest absolute Gasteiger partial charge is 0.492 e. The van der Waals surface area contributed by atoms with Gasteiger partial charge in [0.15, 0.2) is 0 Å². The molecular weight excluding hydrogens is 337 g/mol. The summed E-state index contributed by atoms with van der Waals surface area (Å²) in [5.74, 6) is 0.650. The van der Waals surface area contributed by atoms with Crippen LogP contribution in [0, 0.1) is 0 Å². The van der Waals surface area contributed by atoms with Crippen LogP contribution in [0.4, 0.5) is 0 Å². The first kappa shape index (κ1) is 16.1. The third-order valence-electron chi connectivity index (χ3n) is 2.48. The Kier molecular flexibility index (Phi) is 8.07. The third kappa shape index (κ3) is 5.79. The van der Waals surface area contributed by atoms with Gasteiger partial charge in [0.25, 0.3) is 0 Å². The summed E-state index contributed by atoms with van der Waals surface area (Å²) >= 11 is 15.4. The molecule has 0 atom stereocenters. The van der Waals surface area contributed by atoms with Gasteiger partial charge >= 0.3 is 0 Å². The highest BCUT2D eigenvalue weighted by Gasteiger charge is 2.06. The molecule has 2 nitrogen and oxygen atoms in total. The van der Waals surface area contributed by atoms with Crippen molar-refractivity contribution in [2.24, 2.45) is 0 Å². The number of nitrogens with one attached hydrogen (secondary N) is 1. The van der Waals surface area contributed by atoms with Crippen molar-refractivity contribution in [2.45, 2.75) is 26.2 Å². The Labute approximate surface area is 127 Å². The third-order valence-corrected chi connectivity index (χ3v) is 3.97. The number of halogens is 3. The molecule has 0 amide bonds. The topological polar surface area (TPSA) is 21.3 Å². The smallest absolute Gasteiger partial charge is 0.139 e. The van der Waals surface area contributed by atoms with Crippen LogP contribution < -0.4 is 10.1 Å². The van der Waals surface area contributed by atoms with Crippen LogP contribution in [0.5, 0.6) is 5.75 Å². The van der Waals surface area contributed by atoms with Crippen molar-refractivity contribution in [3.8, 4) is 5.75 Å². The maximum absolute atomic E-state index is 6.06. The van der Waals surface area contributed by atoms with Gasteiger partial charge in [0.05, 0.1) is 16.7 Å². The average Bonchev–Trinajstić information content (AvgIpc) is 2.34. The van der Waals surface area contributed by atoms with Gasteiger partial charge in [-0.2, -0.15) is 0 Å². The second-order valence-corrected chi connectivity index (χ2v) is 5.63. The molecule has 0 saturated carbocycles. The maximum Gasteiger partial charge on any atom is 0.139 e. The summed E-state index contributed by atoms with van der Waals surface area (Å²) in [4.78, 5) is 0. The normalized spacial score (nSPS) is 10.7. The molecule has 1 aromatic rings.